The van der Waals surface area contributed by atoms with Crippen LogP contribution in [0.25, 0.3) is 0 Å². The Balaban J connectivity index is 1.48. The number of benzene rings is 1. The maximum absolute atomic E-state index is 12.9. The number of hydrogen-bond donors (Lipinski definition) is 1. The monoisotopic (exact) mass is 290 g/mol. The van der Waals surface area contributed by atoms with Gasteiger partial charge in [-0.1, -0.05) is 19.1 Å². The molecule has 0 spiro atoms. The molecule has 1 amide bonds. The van der Waals surface area contributed by atoms with Crippen molar-refractivity contribution in [3.63, 3.8) is 0 Å². The van der Waals surface area contributed by atoms with Crippen LogP contribution in [0.4, 0.5) is 4.39 Å². The van der Waals surface area contributed by atoms with Crippen LogP contribution in [0.2, 0.25) is 0 Å². The number of nitrogens with one attached hydrogen (secondary N) is 1. The number of likely N-dealkylation sites (tertiary alicyclic amines) is 1. The summed E-state index contributed by atoms with van der Waals surface area (Å²) in [7, 11) is 0. The molecule has 1 saturated heterocycles. The molecule has 1 saturated carbocycles. The Bertz CT molecular complexity index is 502. The van der Waals surface area contributed by atoms with Crippen molar-refractivity contribution in [2.75, 3.05) is 19.6 Å². The summed E-state index contributed by atoms with van der Waals surface area (Å²) in [5.74, 6) is 0.289. The van der Waals surface area contributed by atoms with E-state index in [0.717, 1.165) is 31.6 Å². The third-order valence-corrected chi connectivity index (χ3v) is 4.84. The predicted molar refractivity (Wildman–Crippen MR) is 80.5 cm³/mol. The van der Waals surface area contributed by atoms with Crippen molar-refractivity contribution in [1.29, 1.82) is 0 Å². The molecular formula is C17H23FN2O. The molecule has 2 fully saturated rings. The zero-order valence-corrected chi connectivity index (χ0v) is 12.5. The summed E-state index contributed by atoms with van der Waals surface area (Å²) in [5, 5.41) is 3.11. The van der Waals surface area contributed by atoms with Gasteiger partial charge >= 0.3 is 0 Å². The molecule has 3 rings (SSSR count). The highest BCUT2D eigenvalue weighted by Gasteiger charge is 2.44. The van der Waals surface area contributed by atoms with Gasteiger partial charge in [-0.3, -0.25) is 9.69 Å². The quantitative estimate of drug-likeness (QED) is 0.904. The third-order valence-electron chi connectivity index (χ3n) is 4.84. The van der Waals surface area contributed by atoms with Gasteiger partial charge in [-0.05, 0) is 56.0 Å². The van der Waals surface area contributed by atoms with E-state index in [0.29, 0.717) is 6.04 Å². The molecule has 0 aromatic heterocycles. The first-order valence-corrected chi connectivity index (χ1v) is 7.96. The highest BCUT2D eigenvalue weighted by molar-refractivity contribution is 5.82. The van der Waals surface area contributed by atoms with Crippen LogP contribution >= 0.6 is 0 Å². The number of carbonyl (C=O) groups is 1. The van der Waals surface area contributed by atoms with E-state index in [1.807, 2.05) is 0 Å². The van der Waals surface area contributed by atoms with Crippen LogP contribution in [0.15, 0.2) is 24.3 Å². The van der Waals surface area contributed by atoms with Crippen molar-refractivity contribution in [2.45, 2.75) is 38.1 Å². The number of likely N-dealkylation sites (N-methyl/N-ethyl adjacent to an activating group) is 1. The highest BCUT2D eigenvalue weighted by Crippen LogP contribution is 2.47. The average molecular weight is 290 g/mol. The van der Waals surface area contributed by atoms with Gasteiger partial charge in [0.25, 0.3) is 0 Å². The number of nitrogens with zero attached hydrogens (tertiary/aromatic N) is 1. The van der Waals surface area contributed by atoms with E-state index in [-0.39, 0.29) is 23.6 Å². The molecule has 3 nitrogen and oxygen atoms in total. The lowest BCUT2D eigenvalue weighted by atomic mass is 10.1. The minimum atomic E-state index is -0.221. The third kappa shape index (κ3) is 3.26. The van der Waals surface area contributed by atoms with Gasteiger partial charge in [-0.15, -0.1) is 0 Å². The average Bonchev–Trinajstić information content (AvgIpc) is 3.16. The van der Waals surface area contributed by atoms with E-state index in [1.54, 1.807) is 12.1 Å². The summed E-state index contributed by atoms with van der Waals surface area (Å²) in [4.78, 5) is 14.6. The minimum Gasteiger partial charge on any atom is -0.354 e. The lowest BCUT2D eigenvalue weighted by Gasteiger charge is -2.22. The van der Waals surface area contributed by atoms with Crippen LogP contribution in [-0.4, -0.2) is 36.5 Å². The summed E-state index contributed by atoms with van der Waals surface area (Å²) in [6.45, 7) is 5.14. The van der Waals surface area contributed by atoms with Crippen molar-refractivity contribution in [1.82, 2.24) is 10.2 Å². The molecule has 21 heavy (non-hydrogen) atoms. The van der Waals surface area contributed by atoms with Gasteiger partial charge in [0.05, 0.1) is 0 Å². The molecule has 4 heteroatoms. The van der Waals surface area contributed by atoms with Gasteiger partial charge in [0.15, 0.2) is 0 Å². The smallest absolute Gasteiger partial charge is 0.223 e. The Kier molecular flexibility index (Phi) is 4.24. The molecule has 114 valence electrons. The van der Waals surface area contributed by atoms with Crippen molar-refractivity contribution < 1.29 is 9.18 Å². The molecule has 0 bridgehead atoms. The molecule has 1 aliphatic heterocycles. The Hall–Kier alpha value is -1.42. The van der Waals surface area contributed by atoms with Crippen LogP contribution in [0, 0.1) is 11.7 Å². The SMILES string of the molecule is CCN1CCC[C@@H]1CNC(=O)[C@@H]1C[C@@H]1c1ccc(F)cc1. The topological polar surface area (TPSA) is 32.3 Å². The van der Waals surface area contributed by atoms with Crippen LogP contribution in [-0.2, 0) is 4.79 Å². The van der Waals surface area contributed by atoms with E-state index < -0.39 is 0 Å². The van der Waals surface area contributed by atoms with Gasteiger partial charge in [-0.25, -0.2) is 4.39 Å². The van der Waals surface area contributed by atoms with Crippen LogP contribution in [0.1, 0.15) is 37.7 Å². The summed E-state index contributed by atoms with van der Waals surface area (Å²) in [6.07, 6.45) is 3.30. The molecule has 3 atom stereocenters. The largest absolute Gasteiger partial charge is 0.354 e. The number of rotatable bonds is 5. The van der Waals surface area contributed by atoms with E-state index in [2.05, 4.69) is 17.1 Å². The van der Waals surface area contributed by atoms with Gasteiger partial charge in [0.2, 0.25) is 5.91 Å². The van der Waals surface area contributed by atoms with E-state index in [1.165, 1.54) is 25.0 Å². The second-order valence-electron chi connectivity index (χ2n) is 6.17. The lowest BCUT2D eigenvalue weighted by Crippen LogP contribution is -2.40. The summed E-state index contributed by atoms with van der Waals surface area (Å²) >= 11 is 0. The van der Waals surface area contributed by atoms with Gasteiger partial charge in [0.1, 0.15) is 5.82 Å². The molecule has 1 aliphatic carbocycles. The molecule has 0 unspecified atom stereocenters. The number of amides is 1. The Morgan fingerprint density at radius 2 is 2.14 bits per heavy atom. The molecule has 2 aliphatic rings. The highest BCUT2D eigenvalue weighted by atomic mass is 19.1. The number of hydrogen-bond acceptors (Lipinski definition) is 2. The van der Waals surface area contributed by atoms with Crippen LogP contribution in [0.3, 0.4) is 0 Å². The second-order valence-corrected chi connectivity index (χ2v) is 6.17. The first-order chi connectivity index (χ1) is 10.2. The standard InChI is InChI=1S/C17H23FN2O/c1-2-20-9-3-4-14(20)11-19-17(21)16-10-15(16)12-5-7-13(18)8-6-12/h5-8,14-16H,2-4,9-11H2,1H3,(H,19,21)/t14-,15-,16-/m1/s1. The zero-order chi connectivity index (χ0) is 14.8. The van der Waals surface area contributed by atoms with Gasteiger partial charge in [-0.2, -0.15) is 0 Å². The fraction of sp³-hybridized carbons (Fsp3) is 0.588. The zero-order valence-electron chi connectivity index (χ0n) is 12.5. The molecule has 0 radical (unpaired) electrons. The Morgan fingerprint density at radius 1 is 1.38 bits per heavy atom. The fourth-order valence-corrected chi connectivity index (χ4v) is 3.46. The number of carbonyl (C=O) groups excluding carboxylic acids is 1. The lowest BCUT2D eigenvalue weighted by molar-refractivity contribution is -0.122. The van der Waals surface area contributed by atoms with Crippen molar-refractivity contribution in [3.05, 3.63) is 35.6 Å². The summed E-state index contributed by atoms with van der Waals surface area (Å²) in [5.41, 5.74) is 1.08. The molecule has 1 aromatic rings. The normalized spacial score (nSPS) is 28.6. The molecule has 1 aromatic carbocycles. The van der Waals surface area contributed by atoms with E-state index >= 15 is 0 Å². The van der Waals surface area contributed by atoms with E-state index in [4.69, 9.17) is 0 Å². The fourth-order valence-electron chi connectivity index (χ4n) is 3.46. The van der Waals surface area contributed by atoms with Gasteiger partial charge < -0.3 is 5.32 Å². The maximum atomic E-state index is 12.9. The maximum Gasteiger partial charge on any atom is 0.223 e. The Labute approximate surface area is 125 Å². The van der Waals surface area contributed by atoms with Crippen molar-refractivity contribution in [2.24, 2.45) is 5.92 Å². The molecule has 1 N–H and O–H groups in total. The van der Waals surface area contributed by atoms with Gasteiger partial charge in [0, 0.05) is 18.5 Å². The minimum absolute atomic E-state index is 0.0759. The van der Waals surface area contributed by atoms with E-state index in [9.17, 15) is 9.18 Å². The van der Waals surface area contributed by atoms with Crippen molar-refractivity contribution in [3.8, 4) is 0 Å². The first kappa shape index (κ1) is 14.5. The molecular weight excluding hydrogens is 267 g/mol. The van der Waals surface area contributed by atoms with Crippen LogP contribution in [0.5, 0.6) is 0 Å². The predicted octanol–water partition coefficient (Wildman–Crippen LogP) is 2.53. The Morgan fingerprint density at radius 3 is 2.86 bits per heavy atom. The summed E-state index contributed by atoms with van der Waals surface area (Å²) < 4.78 is 12.9. The molecule has 1 heterocycles. The first-order valence-electron chi connectivity index (χ1n) is 7.96. The second kappa shape index (κ2) is 6.14. The summed E-state index contributed by atoms with van der Waals surface area (Å²) in [6, 6.07) is 7.04. The van der Waals surface area contributed by atoms with Crippen LogP contribution < -0.4 is 5.32 Å². The van der Waals surface area contributed by atoms with Crippen molar-refractivity contribution >= 4 is 5.91 Å². The number of halogens is 1.